The number of hydrogen-bond donors (Lipinski definition) is 2. The Morgan fingerprint density at radius 1 is 0.780 bits per heavy atom. The molecule has 0 spiro atoms. The molecule has 0 saturated carbocycles. The summed E-state index contributed by atoms with van der Waals surface area (Å²) in [5.41, 5.74) is 14.6. The summed E-state index contributed by atoms with van der Waals surface area (Å²) in [5, 5.41) is 11.5. The van der Waals surface area contributed by atoms with Crippen molar-refractivity contribution in [3.8, 4) is 28.1 Å². The van der Waals surface area contributed by atoms with E-state index in [1.165, 1.54) is 23.2 Å². The molecule has 2 aromatic heterocycles. The van der Waals surface area contributed by atoms with Gasteiger partial charge in [-0.1, -0.05) is 85.5 Å². The number of hydrogen-bond acceptors (Lipinski definition) is 3. The van der Waals surface area contributed by atoms with Gasteiger partial charge in [0.2, 0.25) is 0 Å². The minimum atomic E-state index is 0.696. The molecule has 0 radical (unpaired) electrons. The molecule has 0 saturated heterocycles. The number of nitrogens with two attached hydrogens (primary N) is 1. The van der Waals surface area contributed by atoms with Crippen molar-refractivity contribution < 1.29 is 0 Å². The second-order valence-corrected chi connectivity index (χ2v) is 9.86. The van der Waals surface area contributed by atoms with Crippen LogP contribution in [0, 0.1) is 5.41 Å². The van der Waals surface area contributed by atoms with Gasteiger partial charge < -0.3 is 15.7 Å². The van der Waals surface area contributed by atoms with Gasteiger partial charge >= 0.3 is 0 Å². The van der Waals surface area contributed by atoms with Gasteiger partial charge in [-0.25, -0.2) is 0 Å². The first-order valence-corrected chi connectivity index (χ1v) is 13.6. The summed E-state index contributed by atoms with van der Waals surface area (Å²) in [5.74, 6) is 0. The van der Waals surface area contributed by atoms with E-state index in [1.54, 1.807) is 0 Å². The highest BCUT2D eigenvalue weighted by atomic mass is 15.0. The number of nitrogens with one attached hydrogen (secondary N) is 1. The highest BCUT2D eigenvalue weighted by Crippen LogP contribution is 2.32. The van der Waals surface area contributed by atoms with Crippen LogP contribution in [0.1, 0.15) is 17.0 Å². The maximum atomic E-state index is 8.01. The summed E-state index contributed by atoms with van der Waals surface area (Å²) in [4.78, 5) is 5.02. The third-order valence-corrected chi connectivity index (χ3v) is 7.36. The van der Waals surface area contributed by atoms with E-state index in [1.807, 2.05) is 30.4 Å². The van der Waals surface area contributed by atoms with E-state index in [4.69, 9.17) is 16.1 Å². The van der Waals surface area contributed by atoms with Crippen molar-refractivity contribution in [2.75, 3.05) is 0 Å². The fourth-order valence-electron chi connectivity index (χ4n) is 5.41. The van der Waals surface area contributed by atoms with Gasteiger partial charge in [0.05, 0.1) is 16.9 Å². The quantitative estimate of drug-likeness (QED) is 0.153. The van der Waals surface area contributed by atoms with Crippen molar-refractivity contribution in [1.29, 1.82) is 5.41 Å². The Bertz CT molecular complexity index is 1960. The number of allylic oxidation sites excluding steroid dienone is 3. The van der Waals surface area contributed by atoms with Gasteiger partial charge in [-0.05, 0) is 76.6 Å². The first-order valence-electron chi connectivity index (χ1n) is 13.6. The molecular formula is C37H30N4. The minimum Gasteiger partial charge on any atom is -0.405 e. The molecule has 6 rings (SSSR count). The normalized spacial score (nSPS) is 11.6. The van der Waals surface area contributed by atoms with Crippen LogP contribution in [-0.4, -0.2) is 15.8 Å². The van der Waals surface area contributed by atoms with Gasteiger partial charge in [-0.15, -0.1) is 0 Å². The lowest BCUT2D eigenvalue weighted by Crippen LogP contribution is -1.98. The van der Waals surface area contributed by atoms with Crippen LogP contribution >= 0.6 is 0 Å². The molecule has 4 nitrogen and oxygen atoms in total. The summed E-state index contributed by atoms with van der Waals surface area (Å²) in [6, 6.07) is 35.9. The Labute approximate surface area is 239 Å². The lowest BCUT2D eigenvalue weighted by molar-refractivity contribution is 1.10. The molecule has 3 N–H and O–H groups in total. The van der Waals surface area contributed by atoms with Crippen LogP contribution in [0.5, 0.6) is 0 Å². The maximum Gasteiger partial charge on any atom is 0.0711 e. The Morgan fingerprint density at radius 3 is 2.32 bits per heavy atom. The summed E-state index contributed by atoms with van der Waals surface area (Å²) >= 11 is 0. The fourth-order valence-corrected chi connectivity index (χ4v) is 5.41. The number of aromatic nitrogens is 2. The van der Waals surface area contributed by atoms with Gasteiger partial charge in [0.25, 0.3) is 0 Å². The van der Waals surface area contributed by atoms with E-state index in [0.717, 1.165) is 55.9 Å². The van der Waals surface area contributed by atoms with E-state index >= 15 is 0 Å². The standard InChI is InChI=1S/C37H30N4/c1-2-36-34(25-39)33-13-7-8-14-37(33)41(36)32-19-17-27(18-20-32)30-23-31(12-4-3-9-21-38)40-35(24-30)29-16-15-26-10-5-6-11-28(26)22-29/h2-11,13-25,39H,1,12,38H2/b4-3-,21-9-,39-25?. The number of fused-ring (bicyclic) bond motifs is 2. The number of nitrogens with zero attached hydrogens (tertiary/aromatic N) is 2. The Balaban J connectivity index is 1.44. The molecule has 0 fully saturated rings. The largest absolute Gasteiger partial charge is 0.405 e. The van der Waals surface area contributed by atoms with E-state index in [0.29, 0.717) is 6.42 Å². The van der Waals surface area contributed by atoms with E-state index in [9.17, 15) is 0 Å². The second-order valence-electron chi connectivity index (χ2n) is 9.86. The fraction of sp³-hybridized carbons (Fsp3) is 0.0270. The van der Waals surface area contributed by atoms with Crippen molar-refractivity contribution in [3.63, 3.8) is 0 Å². The van der Waals surface area contributed by atoms with Crippen molar-refractivity contribution in [3.05, 3.63) is 151 Å². The number of benzene rings is 4. The monoisotopic (exact) mass is 530 g/mol. The van der Waals surface area contributed by atoms with Crippen LogP contribution in [0.4, 0.5) is 0 Å². The van der Waals surface area contributed by atoms with E-state index in [-0.39, 0.29) is 0 Å². The lowest BCUT2D eigenvalue weighted by atomic mass is 9.99. The van der Waals surface area contributed by atoms with Gasteiger partial charge in [0.1, 0.15) is 0 Å². The molecule has 0 amide bonds. The summed E-state index contributed by atoms with van der Waals surface area (Å²) in [7, 11) is 0. The van der Waals surface area contributed by atoms with Gasteiger partial charge in [0, 0.05) is 40.5 Å². The molecule has 0 bridgehead atoms. The molecule has 0 unspecified atom stereocenters. The zero-order valence-corrected chi connectivity index (χ0v) is 22.7. The topological polar surface area (TPSA) is 67.7 Å². The zero-order chi connectivity index (χ0) is 28.2. The van der Waals surface area contributed by atoms with Gasteiger partial charge in [0.15, 0.2) is 0 Å². The second kappa shape index (κ2) is 11.3. The maximum absolute atomic E-state index is 8.01. The summed E-state index contributed by atoms with van der Waals surface area (Å²) in [6.45, 7) is 4.04. The molecular weight excluding hydrogens is 500 g/mol. The number of pyridine rings is 1. The third-order valence-electron chi connectivity index (χ3n) is 7.36. The van der Waals surface area contributed by atoms with Crippen molar-refractivity contribution in [2.24, 2.45) is 5.73 Å². The van der Waals surface area contributed by atoms with Crippen molar-refractivity contribution in [2.45, 2.75) is 6.42 Å². The molecule has 41 heavy (non-hydrogen) atoms. The molecule has 0 atom stereocenters. The number of rotatable bonds is 8. The number of para-hydroxylation sites is 1. The molecule has 2 heterocycles. The predicted octanol–water partition coefficient (Wildman–Crippen LogP) is 8.72. The smallest absolute Gasteiger partial charge is 0.0711 e. The Morgan fingerprint density at radius 2 is 1.54 bits per heavy atom. The van der Waals surface area contributed by atoms with Crippen molar-refractivity contribution >= 4 is 34.0 Å². The molecule has 0 aliphatic heterocycles. The Kier molecular flexibility index (Phi) is 7.12. The van der Waals surface area contributed by atoms with Crippen molar-refractivity contribution in [1.82, 2.24) is 9.55 Å². The lowest BCUT2D eigenvalue weighted by Gasteiger charge is -2.12. The average Bonchev–Trinajstić information content (AvgIpc) is 3.36. The SMILES string of the molecule is C=Cc1c(C=N)c2ccccc2n1-c1ccc(-c2cc(C/C=C\C=C/N)nc(-c3ccc4ccccc4c3)c2)cc1. The Hall–Kier alpha value is -5.48. The van der Waals surface area contributed by atoms with E-state index < -0.39 is 0 Å². The van der Waals surface area contributed by atoms with Crippen LogP contribution in [0.15, 0.2) is 134 Å². The van der Waals surface area contributed by atoms with Gasteiger partial charge in [-0.3, -0.25) is 4.98 Å². The summed E-state index contributed by atoms with van der Waals surface area (Å²) < 4.78 is 2.17. The third kappa shape index (κ3) is 4.99. The van der Waals surface area contributed by atoms with Crippen LogP contribution in [0.2, 0.25) is 0 Å². The van der Waals surface area contributed by atoms with E-state index in [2.05, 4.69) is 108 Å². The predicted molar refractivity (Wildman–Crippen MR) is 174 cm³/mol. The van der Waals surface area contributed by atoms with Crippen LogP contribution in [0.25, 0.3) is 55.8 Å². The molecule has 198 valence electrons. The zero-order valence-electron chi connectivity index (χ0n) is 22.7. The minimum absolute atomic E-state index is 0.696. The first-order chi connectivity index (χ1) is 20.2. The average molecular weight is 531 g/mol. The van der Waals surface area contributed by atoms with Crippen LogP contribution in [0.3, 0.4) is 0 Å². The molecule has 4 heteroatoms. The summed E-state index contributed by atoms with van der Waals surface area (Å²) in [6.07, 6.45) is 11.3. The molecule has 0 aliphatic rings. The first kappa shape index (κ1) is 25.8. The van der Waals surface area contributed by atoms with Crippen LogP contribution in [-0.2, 0) is 6.42 Å². The van der Waals surface area contributed by atoms with Gasteiger partial charge in [-0.2, -0.15) is 0 Å². The molecule has 4 aromatic carbocycles. The highest BCUT2D eigenvalue weighted by Gasteiger charge is 2.15. The molecule has 6 aromatic rings. The molecule has 0 aliphatic carbocycles. The highest BCUT2D eigenvalue weighted by molar-refractivity contribution is 6.03. The van der Waals surface area contributed by atoms with Crippen LogP contribution < -0.4 is 5.73 Å².